The SMILES string of the molecule is CC(=O)c1c(C)[nH]c(C(=O)COC(=O)c2csc(-c3ccc(F)cc3)n2)c1C. The van der Waals surface area contributed by atoms with Crippen molar-refractivity contribution in [2.45, 2.75) is 20.8 Å². The number of carbonyl (C=O) groups is 3. The molecule has 1 N–H and O–H groups in total. The molecule has 28 heavy (non-hydrogen) atoms. The lowest BCUT2D eigenvalue weighted by Gasteiger charge is -2.03. The molecule has 0 aliphatic carbocycles. The molecule has 3 aromatic rings. The van der Waals surface area contributed by atoms with Crippen molar-refractivity contribution in [3.05, 3.63) is 63.7 Å². The predicted octanol–water partition coefficient (Wildman–Crippen LogP) is 4.14. The second-order valence-electron chi connectivity index (χ2n) is 6.23. The molecule has 8 heteroatoms. The minimum Gasteiger partial charge on any atom is -0.452 e. The number of ether oxygens (including phenoxy) is 1. The first-order valence-corrected chi connectivity index (χ1v) is 9.27. The van der Waals surface area contributed by atoms with Gasteiger partial charge in [-0.15, -0.1) is 11.3 Å². The molecule has 0 unspecified atom stereocenters. The van der Waals surface area contributed by atoms with Gasteiger partial charge in [0.1, 0.15) is 10.8 Å². The summed E-state index contributed by atoms with van der Waals surface area (Å²) in [7, 11) is 0. The normalized spacial score (nSPS) is 10.7. The van der Waals surface area contributed by atoms with Crippen LogP contribution in [0.5, 0.6) is 0 Å². The third-order valence-corrected chi connectivity index (χ3v) is 5.10. The Labute approximate surface area is 164 Å². The fourth-order valence-corrected chi connectivity index (χ4v) is 3.72. The van der Waals surface area contributed by atoms with Gasteiger partial charge in [0.15, 0.2) is 18.1 Å². The van der Waals surface area contributed by atoms with E-state index >= 15 is 0 Å². The third-order valence-electron chi connectivity index (χ3n) is 4.21. The first kappa shape index (κ1) is 19.6. The van der Waals surface area contributed by atoms with Crippen LogP contribution >= 0.6 is 11.3 Å². The highest BCUT2D eigenvalue weighted by Gasteiger charge is 2.21. The Kier molecular flexibility index (Phi) is 5.51. The highest BCUT2D eigenvalue weighted by atomic mass is 32.1. The number of aryl methyl sites for hydroxylation is 1. The average Bonchev–Trinajstić information content (AvgIpc) is 3.25. The Morgan fingerprint density at radius 1 is 1.18 bits per heavy atom. The van der Waals surface area contributed by atoms with Crippen molar-refractivity contribution in [2.75, 3.05) is 6.61 Å². The van der Waals surface area contributed by atoms with Gasteiger partial charge < -0.3 is 9.72 Å². The molecule has 0 bridgehead atoms. The van der Waals surface area contributed by atoms with E-state index in [4.69, 9.17) is 4.74 Å². The molecule has 2 heterocycles. The number of nitrogens with one attached hydrogen (secondary N) is 1. The maximum Gasteiger partial charge on any atom is 0.358 e. The summed E-state index contributed by atoms with van der Waals surface area (Å²) < 4.78 is 18.1. The zero-order chi connectivity index (χ0) is 20.4. The lowest BCUT2D eigenvalue weighted by Crippen LogP contribution is -2.15. The predicted molar refractivity (Wildman–Crippen MR) is 102 cm³/mol. The van der Waals surface area contributed by atoms with Crippen molar-refractivity contribution in [3.63, 3.8) is 0 Å². The van der Waals surface area contributed by atoms with E-state index in [9.17, 15) is 18.8 Å². The number of carbonyl (C=O) groups excluding carboxylic acids is 3. The van der Waals surface area contributed by atoms with Gasteiger partial charge in [-0.3, -0.25) is 9.59 Å². The van der Waals surface area contributed by atoms with Crippen molar-refractivity contribution in [2.24, 2.45) is 0 Å². The molecule has 0 atom stereocenters. The number of thiazole rings is 1. The van der Waals surface area contributed by atoms with E-state index in [1.165, 1.54) is 35.8 Å². The van der Waals surface area contributed by atoms with E-state index in [0.29, 0.717) is 27.4 Å². The number of hydrogen-bond donors (Lipinski definition) is 1. The Bertz CT molecular complexity index is 1070. The first-order chi connectivity index (χ1) is 13.3. The van der Waals surface area contributed by atoms with Crippen LogP contribution in [0, 0.1) is 19.7 Å². The third kappa shape index (κ3) is 3.91. The van der Waals surface area contributed by atoms with Crippen LogP contribution in [0.15, 0.2) is 29.6 Å². The Morgan fingerprint density at radius 2 is 1.86 bits per heavy atom. The summed E-state index contributed by atoms with van der Waals surface area (Å²) in [5, 5.41) is 2.06. The van der Waals surface area contributed by atoms with Crippen LogP contribution in [0.3, 0.4) is 0 Å². The van der Waals surface area contributed by atoms with Crippen LogP contribution in [0.25, 0.3) is 10.6 Å². The number of esters is 1. The number of rotatable bonds is 6. The summed E-state index contributed by atoms with van der Waals surface area (Å²) in [6.45, 7) is 4.34. The summed E-state index contributed by atoms with van der Waals surface area (Å²) in [5.74, 6) is -1.67. The molecular weight excluding hydrogens is 383 g/mol. The second kappa shape index (κ2) is 7.85. The number of benzene rings is 1. The molecule has 144 valence electrons. The van der Waals surface area contributed by atoms with Crippen LogP contribution in [0.1, 0.15) is 49.5 Å². The molecule has 0 saturated carbocycles. The van der Waals surface area contributed by atoms with Gasteiger partial charge in [-0.1, -0.05) is 0 Å². The molecule has 0 radical (unpaired) electrons. The molecule has 0 saturated heterocycles. The maximum atomic E-state index is 13.0. The number of nitrogens with zero attached hydrogens (tertiary/aromatic N) is 1. The van der Waals surface area contributed by atoms with Crippen LogP contribution < -0.4 is 0 Å². The largest absolute Gasteiger partial charge is 0.452 e. The Morgan fingerprint density at radius 3 is 2.46 bits per heavy atom. The summed E-state index contributed by atoms with van der Waals surface area (Å²) in [4.78, 5) is 43.3. The monoisotopic (exact) mass is 400 g/mol. The van der Waals surface area contributed by atoms with Gasteiger partial charge in [0.05, 0.1) is 5.69 Å². The van der Waals surface area contributed by atoms with Crippen molar-refractivity contribution in [1.82, 2.24) is 9.97 Å². The number of hydrogen-bond acceptors (Lipinski definition) is 6. The molecule has 3 rings (SSSR count). The van der Waals surface area contributed by atoms with E-state index in [2.05, 4.69) is 9.97 Å². The van der Waals surface area contributed by atoms with Gasteiger partial charge in [-0.05, 0) is 50.6 Å². The number of aromatic nitrogens is 2. The summed E-state index contributed by atoms with van der Waals surface area (Å²) in [6, 6.07) is 5.75. The van der Waals surface area contributed by atoms with Crippen molar-refractivity contribution >= 4 is 28.9 Å². The van der Waals surface area contributed by atoms with E-state index < -0.39 is 18.4 Å². The standard InChI is InChI=1S/C20H17FN2O4S/c1-10-17(12(3)24)11(2)22-18(10)16(25)8-27-20(26)15-9-28-19(23-15)13-4-6-14(21)7-5-13/h4-7,9,22H,8H2,1-3H3. The van der Waals surface area contributed by atoms with Gasteiger partial charge in [0.2, 0.25) is 5.78 Å². The molecular formula is C20H17FN2O4S. The highest BCUT2D eigenvalue weighted by molar-refractivity contribution is 7.13. The fourth-order valence-electron chi connectivity index (χ4n) is 2.93. The van der Waals surface area contributed by atoms with Crippen LogP contribution in [-0.4, -0.2) is 34.1 Å². The van der Waals surface area contributed by atoms with Gasteiger partial charge in [-0.2, -0.15) is 0 Å². The lowest BCUT2D eigenvalue weighted by molar-refractivity contribution is 0.0468. The number of halogens is 1. The van der Waals surface area contributed by atoms with Crippen molar-refractivity contribution in [1.29, 1.82) is 0 Å². The molecule has 1 aromatic carbocycles. The van der Waals surface area contributed by atoms with E-state index in [1.807, 2.05) is 0 Å². The smallest absolute Gasteiger partial charge is 0.358 e. The minimum absolute atomic E-state index is 0.0703. The maximum absolute atomic E-state index is 13.0. The molecule has 0 aliphatic rings. The Balaban J connectivity index is 1.68. The second-order valence-corrected chi connectivity index (χ2v) is 7.08. The summed E-state index contributed by atoms with van der Waals surface area (Å²) in [5.41, 5.74) is 2.61. The van der Waals surface area contributed by atoms with Crippen LogP contribution in [0.2, 0.25) is 0 Å². The van der Waals surface area contributed by atoms with Crippen molar-refractivity contribution < 1.29 is 23.5 Å². The Hall–Kier alpha value is -3.13. The zero-order valence-electron chi connectivity index (χ0n) is 15.5. The number of Topliss-reactive ketones (excluding diaryl/α,β-unsaturated/α-hetero) is 2. The zero-order valence-corrected chi connectivity index (χ0v) is 16.3. The fraction of sp³-hybridized carbons (Fsp3) is 0.200. The summed E-state index contributed by atoms with van der Waals surface area (Å²) in [6.07, 6.45) is 0. The molecule has 0 spiro atoms. The quantitative estimate of drug-likeness (QED) is 0.496. The summed E-state index contributed by atoms with van der Waals surface area (Å²) >= 11 is 1.22. The minimum atomic E-state index is -0.731. The van der Waals surface area contributed by atoms with Crippen LogP contribution in [-0.2, 0) is 4.74 Å². The molecule has 0 fully saturated rings. The molecule has 0 amide bonds. The van der Waals surface area contributed by atoms with E-state index in [0.717, 1.165) is 0 Å². The van der Waals surface area contributed by atoms with Gasteiger partial charge in [-0.25, -0.2) is 14.2 Å². The first-order valence-electron chi connectivity index (χ1n) is 8.39. The topological polar surface area (TPSA) is 89.1 Å². The van der Waals surface area contributed by atoms with E-state index in [-0.39, 0.29) is 23.0 Å². The lowest BCUT2D eigenvalue weighted by atomic mass is 10.1. The molecule has 6 nitrogen and oxygen atoms in total. The van der Waals surface area contributed by atoms with E-state index in [1.54, 1.807) is 26.0 Å². The molecule has 0 aliphatic heterocycles. The average molecular weight is 400 g/mol. The molecule has 2 aromatic heterocycles. The number of H-pyrrole nitrogens is 1. The number of ketones is 2. The van der Waals surface area contributed by atoms with Gasteiger partial charge in [0, 0.05) is 22.2 Å². The van der Waals surface area contributed by atoms with Gasteiger partial charge >= 0.3 is 5.97 Å². The van der Waals surface area contributed by atoms with Gasteiger partial charge in [0.25, 0.3) is 0 Å². The number of aromatic amines is 1. The highest BCUT2D eigenvalue weighted by Crippen LogP contribution is 2.24. The van der Waals surface area contributed by atoms with Crippen LogP contribution in [0.4, 0.5) is 4.39 Å². The van der Waals surface area contributed by atoms with Crippen molar-refractivity contribution in [3.8, 4) is 10.6 Å².